The maximum Gasteiger partial charge on any atom is 0.231 e. The van der Waals surface area contributed by atoms with Crippen molar-refractivity contribution in [1.82, 2.24) is 5.32 Å². The van der Waals surface area contributed by atoms with Gasteiger partial charge >= 0.3 is 0 Å². The van der Waals surface area contributed by atoms with Gasteiger partial charge < -0.3 is 5.32 Å². The summed E-state index contributed by atoms with van der Waals surface area (Å²) in [7, 11) is 0. The van der Waals surface area contributed by atoms with Crippen molar-refractivity contribution in [2.45, 2.75) is 24.8 Å². The lowest BCUT2D eigenvalue weighted by molar-refractivity contribution is -0.121. The van der Waals surface area contributed by atoms with Crippen LogP contribution in [0.4, 0.5) is 8.78 Å². The average Bonchev–Trinajstić information content (AvgIpc) is 3.35. The van der Waals surface area contributed by atoms with Crippen LogP contribution in [-0.2, 0) is 11.2 Å². The first-order valence-electron chi connectivity index (χ1n) is 8.38. The molecule has 3 unspecified atom stereocenters. The molecule has 0 spiro atoms. The van der Waals surface area contributed by atoms with Crippen molar-refractivity contribution in [3.05, 3.63) is 70.8 Å². The summed E-state index contributed by atoms with van der Waals surface area (Å²) in [6.45, 7) is 0. The number of amidine groups is 1. The van der Waals surface area contributed by atoms with Gasteiger partial charge in [0, 0.05) is 18.4 Å². The second-order valence-electron chi connectivity index (χ2n) is 6.58. The molecule has 130 valence electrons. The third kappa shape index (κ3) is 2.97. The molecule has 1 fully saturated rings. The van der Waals surface area contributed by atoms with Crippen molar-refractivity contribution >= 4 is 11.7 Å². The topological polar surface area (TPSA) is 65.2 Å². The van der Waals surface area contributed by atoms with E-state index >= 15 is 0 Å². The van der Waals surface area contributed by atoms with Gasteiger partial charge in [0.2, 0.25) is 5.91 Å². The van der Waals surface area contributed by atoms with Crippen LogP contribution in [0.1, 0.15) is 29.0 Å². The van der Waals surface area contributed by atoms with E-state index in [1.165, 1.54) is 12.1 Å². The summed E-state index contributed by atoms with van der Waals surface area (Å²) in [6, 6.07) is 12.5. The number of hydrogen-bond donors (Lipinski definition) is 1. The van der Waals surface area contributed by atoms with Gasteiger partial charge in [-0.2, -0.15) is 5.26 Å². The molecule has 0 radical (unpaired) electrons. The summed E-state index contributed by atoms with van der Waals surface area (Å²) in [5.41, 5.74) is 1.98. The molecule has 3 atom stereocenters. The first-order chi connectivity index (χ1) is 12.6. The van der Waals surface area contributed by atoms with Crippen LogP contribution in [0.2, 0.25) is 0 Å². The van der Waals surface area contributed by atoms with E-state index in [1.54, 1.807) is 12.1 Å². The smallest absolute Gasteiger partial charge is 0.231 e. The largest absolute Gasteiger partial charge is 0.314 e. The Morgan fingerprint density at radius 1 is 1.08 bits per heavy atom. The van der Waals surface area contributed by atoms with Crippen molar-refractivity contribution in [1.29, 1.82) is 5.26 Å². The maximum absolute atomic E-state index is 14.0. The zero-order valence-electron chi connectivity index (χ0n) is 13.7. The fraction of sp³-hybridized carbons (Fsp3) is 0.250. The molecule has 0 aromatic heterocycles. The van der Waals surface area contributed by atoms with Crippen molar-refractivity contribution in [2.24, 2.45) is 10.9 Å². The molecular weight excluding hydrogens is 336 g/mol. The number of amides is 1. The quantitative estimate of drug-likeness (QED) is 0.920. The Bertz CT molecular complexity index is 947. The number of nitrogens with one attached hydrogen (secondary N) is 1. The number of carbonyl (C=O) groups excluding carboxylic acids is 1. The van der Waals surface area contributed by atoms with E-state index in [2.05, 4.69) is 16.4 Å². The number of benzene rings is 2. The highest BCUT2D eigenvalue weighted by atomic mass is 19.1. The Morgan fingerprint density at radius 3 is 2.54 bits per heavy atom. The van der Waals surface area contributed by atoms with Crippen LogP contribution in [0.25, 0.3) is 0 Å². The number of halogens is 2. The van der Waals surface area contributed by atoms with Gasteiger partial charge in [0.1, 0.15) is 17.5 Å². The number of nitriles is 1. The highest BCUT2D eigenvalue weighted by molar-refractivity contribution is 6.04. The minimum Gasteiger partial charge on any atom is -0.314 e. The molecule has 1 aliphatic carbocycles. The molecule has 1 N–H and O–H groups in total. The van der Waals surface area contributed by atoms with Gasteiger partial charge in [0.05, 0.1) is 23.6 Å². The van der Waals surface area contributed by atoms with E-state index in [1.807, 2.05) is 12.1 Å². The summed E-state index contributed by atoms with van der Waals surface area (Å²) in [6.07, 6.45) is 1.23. The molecule has 26 heavy (non-hydrogen) atoms. The first-order valence-corrected chi connectivity index (χ1v) is 8.38. The number of rotatable bonds is 4. The van der Waals surface area contributed by atoms with E-state index in [-0.39, 0.29) is 23.8 Å². The average molecular weight is 351 g/mol. The van der Waals surface area contributed by atoms with Gasteiger partial charge in [-0.25, -0.2) is 8.78 Å². The standard InChI is InChI=1S/C20H15F2N3O/c21-13-6-7-14(15(22)9-13)17-18-19(17)24-16(25-20(18)26)8-5-11-1-3-12(10-23)4-2-11/h1-4,6-7,9,17-19H,5,8H2,(H,24,25,26). The lowest BCUT2D eigenvalue weighted by atomic mass is 10.1. The molecular formula is C20H15F2N3O. The van der Waals surface area contributed by atoms with Crippen LogP contribution in [0.3, 0.4) is 0 Å². The number of nitrogens with zero attached hydrogens (tertiary/aromatic N) is 2. The van der Waals surface area contributed by atoms with E-state index in [4.69, 9.17) is 5.26 Å². The molecule has 2 aromatic rings. The lowest BCUT2D eigenvalue weighted by Crippen LogP contribution is -2.36. The Balaban J connectivity index is 1.46. The fourth-order valence-electron chi connectivity index (χ4n) is 3.50. The highest BCUT2D eigenvalue weighted by Gasteiger charge is 2.58. The molecule has 4 rings (SSSR count). The first kappa shape index (κ1) is 16.4. The zero-order valence-corrected chi connectivity index (χ0v) is 13.7. The van der Waals surface area contributed by atoms with Crippen molar-refractivity contribution in [2.75, 3.05) is 0 Å². The maximum atomic E-state index is 14.0. The van der Waals surface area contributed by atoms with Crippen LogP contribution >= 0.6 is 0 Å². The van der Waals surface area contributed by atoms with Gasteiger partial charge in [0.15, 0.2) is 0 Å². The Labute approximate surface area is 149 Å². The summed E-state index contributed by atoms with van der Waals surface area (Å²) in [5, 5.41) is 11.6. The van der Waals surface area contributed by atoms with E-state index < -0.39 is 11.6 Å². The number of aliphatic imine (C=N–C) groups is 1. The molecule has 2 aliphatic rings. The minimum atomic E-state index is -0.633. The lowest BCUT2D eigenvalue weighted by Gasteiger charge is -2.12. The summed E-state index contributed by atoms with van der Waals surface area (Å²) in [4.78, 5) is 16.8. The number of fused-ring (bicyclic) bond motifs is 1. The summed E-state index contributed by atoms with van der Waals surface area (Å²) < 4.78 is 27.1. The number of carbonyl (C=O) groups is 1. The van der Waals surface area contributed by atoms with Gasteiger partial charge in [-0.15, -0.1) is 0 Å². The van der Waals surface area contributed by atoms with Crippen LogP contribution in [0.5, 0.6) is 0 Å². The Kier molecular flexibility index (Phi) is 4.00. The molecule has 2 aromatic carbocycles. The van der Waals surface area contributed by atoms with Crippen molar-refractivity contribution in [3.8, 4) is 6.07 Å². The number of aryl methyl sites for hydroxylation is 1. The molecule has 1 amide bonds. The normalized spacial score (nSPS) is 23.5. The molecule has 1 saturated carbocycles. The summed E-state index contributed by atoms with van der Waals surface area (Å²) in [5.74, 6) is -1.55. The van der Waals surface area contributed by atoms with Crippen LogP contribution in [0, 0.1) is 28.9 Å². The van der Waals surface area contributed by atoms with E-state index in [0.29, 0.717) is 29.8 Å². The second-order valence-corrected chi connectivity index (χ2v) is 6.58. The predicted octanol–water partition coefficient (Wildman–Crippen LogP) is 3.08. The molecule has 4 nitrogen and oxygen atoms in total. The van der Waals surface area contributed by atoms with E-state index in [9.17, 15) is 13.6 Å². The van der Waals surface area contributed by atoms with Crippen LogP contribution in [0.15, 0.2) is 47.5 Å². The Hall–Kier alpha value is -3.07. The fourth-order valence-corrected chi connectivity index (χ4v) is 3.50. The third-order valence-corrected chi connectivity index (χ3v) is 4.91. The molecule has 0 saturated heterocycles. The minimum absolute atomic E-state index is 0.159. The van der Waals surface area contributed by atoms with Gasteiger partial charge in [-0.05, 0) is 35.7 Å². The second kappa shape index (κ2) is 6.34. The third-order valence-electron chi connectivity index (χ3n) is 4.91. The van der Waals surface area contributed by atoms with Crippen molar-refractivity contribution < 1.29 is 13.6 Å². The van der Waals surface area contributed by atoms with Gasteiger partial charge in [-0.3, -0.25) is 9.79 Å². The summed E-state index contributed by atoms with van der Waals surface area (Å²) >= 11 is 0. The SMILES string of the molecule is N#Cc1ccc(CCC2=NC3C(C(=O)N2)C3c2ccc(F)cc2F)cc1. The predicted molar refractivity (Wildman–Crippen MR) is 91.4 cm³/mol. The molecule has 1 aliphatic heterocycles. The number of hydrogen-bond acceptors (Lipinski definition) is 3. The highest BCUT2D eigenvalue weighted by Crippen LogP contribution is 2.52. The van der Waals surface area contributed by atoms with Crippen molar-refractivity contribution in [3.63, 3.8) is 0 Å². The monoisotopic (exact) mass is 351 g/mol. The zero-order chi connectivity index (χ0) is 18.3. The van der Waals surface area contributed by atoms with Crippen LogP contribution < -0.4 is 5.32 Å². The van der Waals surface area contributed by atoms with Gasteiger partial charge in [-0.1, -0.05) is 18.2 Å². The Morgan fingerprint density at radius 2 is 1.85 bits per heavy atom. The van der Waals surface area contributed by atoms with E-state index in [0.717, 1.165) is 11.6 Å². The molecule has 0 bridgehead atoms. The molecule has 6 heteroatoms. The molecule has 1 heterocycles. The van der Waals surface area contributed by atoms with Gasteiger partial charge in [0.25, 0.3) is 0 Å². The van der Waals surface area contributed by atoms with Crippen LogP contribution in [-0.4, -0.2) is 17.8 Å².